The lowest BCUT2D eigenvalue weighted by Gasteiger charge is -2.08. The van der Waals surface area contributed by atoms with Crippen LogP contribution in [0.4, 0.5) is 0 Å². The molecule has 4 nitrogen and oxygen atoms in total. The van der Waals surface area contributed by atoms with Crippen LogP contribution in [0, 0.1) is 0 Å². The van der Waals surface area contributed by atoms with Gasteiger partial charge in [-0.05, 0) is 42.3 Å². The molecule has 2 aromatic carbocycles. The monoisotopic (exact) mass is 418 g/mol. The third-order valence-electron chi connectivity index (χ3n) is 3.81. The molecule has 0 unspecified atom stereocenters. The molecule has 26 heavy (non-hydrogen) atoms. The molecular weight excluding hydrogens is 396 g/mol. The van der Waals surface area contributed by atoms with E-state index in [4.69, 9.17) is 14.6 Å². The van der Waals surface area contributed by atoms with Crippen LogP contribution >= 0.6 is 15.9 Å². The van der Waals surface area contributed by atoms with Crippen molar-refractivity contribution in [1.29, 1.82) is 0 Å². The number of hydrogen-bond donors (Lipinski definition) is 1. The number of aliphatic hydroxyl groups is 1. The minimum absolute atomic E-state index is 0.000484. The summed E-state index contributed by atoms with van der Waals surface area (Å²) in [6.07, 6.45) is 4.98. The summed E-state index contributed by atoms with van der Waals surface area (Å²) in [6, 6.07) is 13.4. The first-order valence-corrected chi connectivity index (χ1v) is 9.27. The number of rotatable bonds is 10. The highest BCUT2D eigenvalue weighted by molar-refractivity contribution is 9.10. The first kappa shape index (κ1) is 20.4. The Balaban J connectivity index is 2.07. The second kappa shape index (κ2) is 10.9. The molecule has 0 aliphatic rings. The van der Waals surface area contributed by atoms with Gasteiger partial charge in [0.1, 0.15) is 5.75 Å². The van der Waals surface area contributed by atoms with Crippen molar-refractivity contribution in [2.75, 3.05) is 26.9 Å². The van der Waals surface area contributed by atoms with Gasteiger partial charge in [0.05, 0.1) is 20.3 Å². The summed E-state index contributed by atoms with van der Waals surface area (Å²) in [5, 5.41) is 8.67. The molecule has 0 bridgehead atoms. The van der Waals surface area contributed by atoms with E-state index in [1.165, 1.54) is 0 Å². The Bertz CT molecular complexity index is 738. The van der Waals surface area contributed by atoms with Gasteiger partial charge in [0.15, 0.2) is 5.78 Å². The van der Waals surface area contributed by atoms with Crippen molar-refractivity contribution in [3.8, 4) is 5.75 Å². The molecule has 0 radical (unpaired) electrons. The molecular formula is C21H23BrO4. The summed E-state index contributed by atoms with van der Waals surface area (Å²) in [7, 11) is 1.62. The summed E-state index contributed by atoms with van der Waals surface area (Å²) in [5.41, 5.74) is 2.58. The van der Waals surface area contributed by atoms with Crippen molar-refractivity contribution < 1.29 is 19.4 Å². The molecule has 0 spiro atoms. The van der Waals surface area contributed by atoms with Crippen LogP contribution in [0.2, 0.25) is 0 Å². The second-order valence-corrected chi connectivity index (χ2v) is 6.62. The number of carbonyl (C=O) groups excluding carboxylic acids is 1. The van der Waals surface area contributed by atoms with E-state index in [0.29, 0.717) is 31.6 Å². The van der Waals surface area contributed by atoms with Gasteiger partial charge >= 0.3 is 0 Å². The first-order chi connectivity index (χ1) is 12.6. The molecule has 2 aromatic rings. The molecule has 0 heterocycles. The van der Waals surface area contributed by atoms with Crippen molar-refractivity contribution in [3.05, 3.63) is 63.6 Å². The molecule has 0 atom stereocenters. The molecule has 0 aliphatic carbocycles. The van der Waals surface area contributed by atoms with Crippen molar-refractivity contribution in [1.82, 2.24) is 0 Å². The van der Waals surface area contributed by atoms with Gasteiger partial charge in [-0.25, -0.2) is 0 Å². The molecule has 1 N–H and O–H groups in total. The molecule has 5 heteroatoms. The zero-order chi connectivity index (χ0) is 18.8. The zero-order valence-corrected chi connectivity index (χ0v) is 16.4. The largest absolute Gasteiger partial charge is 0.496 e. The Morgan fingerprint density at radius 3 is 2.58 bits per heavy atom. The van der Waals surface area contributed by atoms with Crippen molar-refractivity contribution in [2.45, 2.75) is 12.8 Å². The van der Waals surface area contributed by atoms with Crippen LogP contribution in [-0.4, -0.2) is 37.8 Å². The van der Waals surface area contributed by atoms with Gasteiger partial charge in [-0.15, -0.1) is 0 Å². The van der Waals surface area contributed by atoms with Gasteiger partial charge in [-0.1, -0.05) is 40.2 Å². The number of benzene rings is 2. The SMILES string of the molecule is COc1ccc(C(=O)CCCOCCO)cc1/C=C/c1ccc(Br)cc1. The van der Waals surface area contributed by atoms with E-state index in [1.807, 2.05) is 48.6 Å². The number of ketones is 1. The Labute approximate surface area is 162 Å². The summed E-state index contributed by atoms with van der Waals surface area (Å²) >= 11 is 3.42. The van der Waals surface area contributed by atoms with Gasteiger partial charge in [0.2, 0.25) is 0 Å². The summed E-state index contributed by atoms with van der Waals surface area (Å²) in [5.74, 6) is 0.791. The standard InChI is InChI=1S/C21H23BrO4/c1-25-21-11-8-17(20(24)3-2-13-26-14-12-23)15-18(21)7-4-16-5-9-19(22)10-6-16/h4-11,15,23H,2-3,12-14H2,1H3/b7-4+. The minimum atomic E-state index is 0.000484. The maximum Gasteiger partial charge on any atom is 0.162 e. The predicted octanol–water partition coefficient (Wildman–Crippen LogP) is 4.60. The highest BCUT2D eigenvalue weighted by atomic mass is 79.9. The lowest BCUT2D eigenvalue weighted by molar-refractivity contribution is 0.0832. The molecule has 0 aromatic heterocycles. The molecule has 0 fully saturated rings. The predicted molar refractivity (Wildman–Crippen MR) is 108 cm³/mol. The van der Waals surface area contributed by atoms with Gasteiger partial charge in [0, 0.05) is 28.6 Å². The van der Waals surface area contributed by atoms with E-state index < -0.39 is 0 Å². The number of Topliss-reactive ketones (excluding diaryl/α,β-unsaturated/α-hetero) is 1. The Morgan fingerprint density at radius 2 is 1.88 bits per heavy atom. The van der Waals surface area contributed by atoms with Crippen LogP contribution in [-0.2, 0) is 4.74 Å². The maximum atomic E-state index is 12.4. The fourth-order valence-electron chi connectivity index (χ4n) is 2.44. The Kier molecular flexibility index (Phi) is 8.54. The van der Waals surface area contributed by atoms with Crippen molar-refractivity contribution in [3.63, 3.8) is 0 Å². The smallest absolute Gasteiger partial charge is 0.162 e. The van der Waals surface area contributed by atoms with Crippen LogP contribution < -0.4 is 4.74 Å². The highest BCUT2D eigenvalue weighted by Crippen LogP contribution is 2.23. The number of carbonyl (C=O) groups is 1. The van der Waals surface area contributed by atoms with E-state index in [0.717, 1.165) is 21.3 Å². The highest BCUT2D eigenvalue weighted by Gasteiger charge is 2.09. The van der Waals surface area contributed by atoms with Crippen LogP contribution in [0.25, 0.3) is 12.2 Å². The number of aliphatic hydroxyl groups excluding tert-OH is 1. The lowest BCUT2D eigenvalue weighted by atomic mass is 10.0. The fraction of sp³-hybridized carbons (Fsp3) is 0.286. The third-order valence-corrected chi connectivity index (χ3v) is 4.33. The van der Waals surface area contributed by atoms with E-state index in [1.54, 1.807) is 13.2 Å². The van der Waals surface area contributed by atoms with Crippen LogP contribution in [0.15, 0.2) is 46.9 Å². The van der Waals surface area contributed by atoms with Gasteiger partial charge in [-0.3, -0.25) is 4.79 Å². The summed E-state index contributed by atoms with van der Waals surface area (Å²) in [6.45, 7) is 0.779. The normalized spacial score (nSPS) is 11.0. The van der Waals surface area contributed by atoms with Crippen LogP contribution in [0.3, 0.4) is 0 Å². The molecule has 2 rings (SSSR count). The van der Waals surface area contributed by atoms with E-state index in [9.17, 15) is 4.79 Å². The van der Waals surface area contributed by atoms with Gasteiger partial charge < -0.3 is 14.6 Å². The van der Waals surface area contributed by atoms with Crippen molar-refractivity contribution in [2.24, 2.45) is 0 Å². The number of hydrogen-bond acceptors (Lipinski definition) is 4. The van der Waals surface area contributed by atoms with E-state index in [2.05, 4.69) is 15.9 Å². The zero-order valence-electron chi connectivity index (χ0n) is 14.8. The van der Waals surface area contributed by atoms with Crippen LogP contribution in [0.1, 0.15) is 34.3 Å². The second-order valence-electron chi connectivity index (χ2n) is 5.70. The average Bonchev–Trinajstić information content (AvgIpc) is 2.67. The number of ether oxygens (including phenoxy) is 2. The van der Waals surface area contributed by atoms with Gasteiger partial charge in [-0.2, -0.15) is 0 Å². The van der Waals surface area contributed by atoms with Crippen molar-refractivity contribution >= 4 is 33.9 Å². The number of methoxy groups -OCH3 is 1. The van der Waals surface area contributed by atoms with E-state index >= 15 is 0 Å². The van der Waals surface area contributed by atoms with E-state index in [-0.39, 0.29) is 12.4 Å². The average molecular weight is 419 g/mol. The summed E-state index contributed by atoms with van der Waals surface area (Å²) < 4.78 is 11.6. The Hall–Kier alpha value is -1.95. The maximum absolute atomic E-state index is 12.4. The molecule has 0 saturated heterocycles. The summed E-state index contributed by atoms with van der Waals surface area (Å²) in [4.78, 5) is 12.4. The molecule has 0 aliphatic heterocycles. The Morgan fingerprint density at radius 1 is 1.12 bits per heavy atom. The third kappa shape index (κ3) is 6.41. The van der Waals surface area contributed by atoms with Gasteiger partial charge in [0.25, 0.3) is 0 Å². The number of halogens is 1. The molecule has 138 valence electrons. The molecule has 0 amide bonds. The quantitative estimate of drug-likeness (QED) is 0.348. The topological polar surface area (TPSA) is 55.8 Å². The minimum Gasteiger partial charge on any atom is -0.496 e. The first-order valence-electron chi connectivity index (χ1n) is 8.47. The lowest BCUT2D eigenvalue weighted by Crippen LogP contribution is -2.05. The van der Waals surface area contributed by atoms with Crippen LogP contribution in [0.5, 0.6) is 5.75 Å². The molecule has 0 saturated carbocycles. The fourth-order valence-corrected chi connectivity index (χ4v) is 2.71.